The Kier molecular flexibility index (Phi) is 5.50. The summed E-state index contributed by atoms with van der Waals surface area (Å²) in [4.78, 5) is 6.96. The van der Waals surface area contributed by atoms with Crippen LogP contribution in [0.5, 0.6) is 11.5 Å². The summed E-state index contributed by atoms with van der Waals surface area (Å²) in [7, 11) is 3.28. The first-order valence-corrected chi connectivity index (χ1v) is 9.99. The minimum atomic E-state index is 0.569. The fourth-order valence-electron chi connectivity index (χ4n) is 3.98. The molecule has 0 fully saturated rings. The van der Waals surface area contributed by atoms with Gasteiger partial charge >= 0.3 is 0 Å². The summed E-state index contributed by atoms with van der Waals surface area (Å²) in [6.07, 6.45) is 1.87. The van der Waals surface area contributed by atoms with Gasteiger partial charge < -0.3 is 14.4 Å². The van der Waals surface area contributed by atoms with Crippen molar-refractivity contribution < 1.29 is 9.47 Å². The monoisotopic (exact) mass is 412 g/mol. The zero-order chi connectivity index (χ0) is 22.0. The maximum atomic E-state index is 9.77. The molecular weight excluding hydrogens is 388 g/mol. The van der Waals surface area contributed by atoms with Gasteiger partial charge in [0.05, 0.1) is 30.8 Å². The Morgan fingerprint density at radius 3 is 2.68 bits per heavy atom. The predicted molar refractivity (Wildman–Crippen MR) is 123 cm³/mol. The SMILES string of the molecule is C=CCN(Cc1cccc(OC)c1OC)c1cc(C)c(C#N)c2nc3ccccc3n12. The molecule has 2 aromatic carbocycles. The number of nitriles is 1. The number of hydrogen-bond donors (Lipinski definition) is 0. The molecule has 4 rings (SSSR count). The van der Waals surface area contributed by atoms with E-state index in [0.717, 1.165) is 28.0 Å². The summed E-state index contributed by atoms with van der Waals surface area (Å²) in [6.45, 7) is 7.07. The van der Waals surface area contributed by atoms with E-state index in [1.54, 1.807) is 14.2 Å². The molecule has 4 aromatic rings. The molecule has 0 N–H and O–H groups in total. The van der Waals surface area contributed by atoms with E-state index in [1.807, 2.05) is 61.5 Å². The smallest absolute Gasteiger partial charge is 0.165 e. The van der Waals surface area contributed by atoms with Gasteiger partial charge in [-0.2, -0.15) is 5.26 Å². The molecule has 2 heterocycles. The van der Waals surface area contributed by atoms with Crippen molar-refractivity contribution in [3.8, 4) is 17.6 Å². The molecule has 31 heavy (non-hydrogen) atoms. The fraction of sp³-hybridized carbons (Fsp3) is 0.200. The molecule has 0 aliphatic carbocycles. The molecule has 0 saturated carbocycles. The number of aromatic nitrogens is 2. The topological polar surface area (TPSA) is 62.8 Å². The lowest BCUT2D eigenvalue weighted by Crippen LogP contribution is -2.25. The highest BCUT2D eigenvalue weighted by Crippen LogP contribution is 2.34. The maximum absolute atomic E-state index is 9.77. The van der Waals surface area contributed by atoms with Crippen molar-refractivity contribution in [2.75, 3.05) is 25.7 Å². The number of hydrogen-bond acceptors (Lipinski definition) is 5. The molecule has 6 heteroatoms. The van der Waals surface area contributed by atoms with E-state index in [4.69, 9.17) is 14.5 Å². The third-order valence-corrected chi connectivity index (χ3v) is 5.38. The van der Waals surface area contributed by atoms with Gasteiger partial charge in [-0.05, 0) is 36.8 Å². The van der Waals surface area contributed by atoms with Crippen molar-refractivity contribution in [2.45, 2.75) is 13.5 Å². The van der Waals surface area contributed by atoms with Gasteiger partial charge in [-0.25, -0.2) is 4.98 Å². The summed E-state index contributed by atoms with van der Waals surface area (Å²) in [6, 6.07) is 18.1. The van der Waals surface area contributed by atoms with Gasteiger partial charge in [0, 0.05) is 18.7 Å². The van der Waals surface area contributed by atoms with E-state index in [1.165, 1.54) is 0 Å². The number of aryl methyl sites for hydroxylation is 1. The molecule has 0 spiro atoms. The van der Waals surface area contributed by atoms with Crippen LogP contribution in [0.1, 0.15) is 16.7 Å². The fourth-order valence-corrected chi connectivity index (χ4v) is 3.98. The number of imidazole rings is 1. The van der Waals surface area contributed by atoms with Crippen molar-refractivity contribution in [3.05, 3.63) is 77.9 Å². The van der Waals surface area contributed by atoms with Crippen molar-refractivity contribution in [2.24, 2.45) is 0 Å². The van der Waals surface area contributed by atoms with Crippen LogP contribution in [0.15, 0.2) is 61.2 Å². The number of para-hydroxylation sites is 3. The van der Waals surface area contributed by atoms with Crippen molar-refractivity contribution in [1.82, 2.24) is 9.38 Å². The first kappa shape index (κ1) is 20.3. The summed E-state index contributed by atoms with van der Waals surface area (Å²) < 4.78 is 13.2. The molecule has 0 saturated heterocycles. The highest BCUT2D eigenvalue weighted by atomic mass is 16.5. The van der Waals surface area contributed by atoms with Crippen LogP contribution in [-0.4, -0.2) is 30.1 Å². The van der Waals surface area contributed by atoms with Gasteiger partial charge in [0.1, 0.15) is 11.9 Å². The molecular formula is C25H24N4O2. The van der Waals surface area contributed by atoms with Crippen LogP contribution in [0.4, 0.5) is 5.82 Å². The summed E-state index contributed by atoms with van der Waals surface area (Å²) >= 11 is 0. The van der Waals surface area contributed by atoms with E-state index in [9.17, 15) is 5.26 Å². The van der Waals surface area contributed by atoms with Crippen molar-refractivity contribution >= 4 is 22.5 Å². The van der Waals surface area contributed by atoms with Gasteiger partial charge in [-0.3, -0.25) is 4.40 Å². The van der Waals surface area contributed by atoms with E-state index >= 15 is 0 Å². The molecule has 0 unspecified atom stereocenters. The van der Waals surface area contributed by atoms with Crippen molar-refractivity contribution in [1.29, 1.82) is 5.26 Å². The highest BCUT2D eigenvalue weighted by molar-refractivity contribution is 5.85. The minimum Gasteiger partial charge on any atom is -0.493 e. The number of ether oxygens (including phenoxy) is 2. The van der Waals surface area contributed by atoms with Crippen LogP contribution in [0.25, 0.3) is 16.7 Å². The first-order chi connectivity index (χ1) is 15.1. The highest BCUT2D eigenvalue weighted by Gasteiger charge is 2.20. The Morgan fingerprint density at radius 2 is 1.97 bits per heavy atom. The van der Waals surface area contributed by atoms with E-state index in [2.05, 4.69) is 21.9 Å². The first-order valence-electron chi connectivity index (χ1n) is 9.99. The molecule has 0 bridgehead atoms. The average molecular weight is 412 g/mol. The largest absolute Gasteiger partial charge is 0.493 e. The van der Waals surface area contributed by atoms with E-state index < -0.39 is 0 Å². The number of pyridine rings is 1. The van der Waals surface area contributed by atoms with Gasteiger partial charge in [-0.1, -0.05) is 30.3 Å². The maximum Gasteiger partial charge on any atom is 0.165 e. The summed E-state index contributed by atoms with van der Waals surface area (Å²) in [5, 5.41) is 9.77. The normalized spacial score (nSPS) is 10.8. The van der Waals surface area contributed by atoms with Crippen LogP contribution in [0.2, 0.25) is 0 Å². The third-order valence-electron chi connectivity index (χ3n) is 5.38. The number of anilines is 1. The second kappa shape index (κ2) is 8.41. The molecule has 6 nitrogen and oxygen atoms in total. The van der Waals surface area contributed by atoms with E-state index in [-0.39, 0.29) is 0 Å². The Balaban J connectivity index is 1.95. The zero-order valence-electron chi connectivity index (χ0n) is 17.9. The molecule has 0 aliphatic rings. The van der Waals surface area contributed by atoms with Gasteiger partial charge in [0.25, 0.3) is 0 Å². The quantitative estimate of drug-likeness (QED) is 0.405. The van der Waals surface area contributed by atoms with E-state index in [0.29, 0.717) is 35.8 Å². The molecule has 0 aliphatic heterocycles. The predicted octanol–water partition coefficient (Wildman–Crippen LogP) is 4.88. The number of methoxy groups -OCH3 is 2. The molecule has 0 atom stereocenters. The lowest BCUT2D eigenvalue weighted by Gasteiger charge is -2.26. The van der Waals surface area contributed by atoms with Crippen LogP contribution in [-0.2, 0) is 6.54 Å². The second-order valence-electron chi connectivity index (χ2n) is 7.25. The Bertz CT molecular complexity index is 1320. The molecule has 156 valence electrons. The number of fused-ring (bicyclic) bond motifs is 3. The van der Waals surface area contributed by atoms with Crippen LogP contribution in [0.3, 0.4) is 0 Å². The van der Waals surface area contributed by atoms with Crippen molar-refractivity contribution in [3.63, 3.8) is 0 Å². The molecule has 0 radical (unpaired) electrons. The van der Waals surface area contributed by atoms with Crippen LogP contribution >= 0.6 is 0 Å². The average Bonchev–Trinajstić information content (AvgIpc) is 3.17. The second-order valence-corrected chi connectivity index (χ2v) is 7.25. The lowest BCUT2D eigenvalue weighted by molar-refractivity contribution is 0.351. The minimum absolute atomic E-state index is 0.569. The Morgan fingerprint density at radius 1 is 1.16 bits per heavy atom. The number of benzene rings is 2. The number of nitrogens with zero attached hydrogens (tertiary/aromatic N) is 4. The number of rotatable bonds is 7. The van der Waals surface area contributed by atoms with Gasteiger partial charge in [0.2, 0.25) is 0 Å². The van der Waals surface area contributed by atoms with Crippen LogP contribution in [0, 0.1) is 18.3 Å². The standard InChI is InChI=1S/C25H24N4O2/c1-5-13-28(16-18-9-8-12-22(30-3)24(18)31-4)23-14-17(2)19(15-26)25-27-20-10-6-7-11-21(20)29(23)25/h5-12,14H,1,13,16H2,2-4H3. The van der Waals surface area contributed by atoms with Gasteiger partial charge in [-0.15, -0.1) is 6.58 Å². The Hall–Kier alpha value is -3.98. The van der Waals surface area contributed by atoms with Gasteiger partial charge in [0.15, 0.2) is 17.1 Å². The molecule has 0 amide bonds. The summed E-state index contributed by atoms with van der Waals surface area (Å²) in [5.74, 6) is 2.33. The Labute approximate surface area is 181 Å². The third kappa shape index (κ3) is 3.44. The van der Waals surface area contributed by atoms with Crippen LogP contribution < -0.4 is 14.4 Å². The zero-order valence-corrected chi connectivity index (χ0v) is 17.9. The molecule has 2 aromatic heterocycles. The lowest BCUT2D eigenvalue weighted by atomic mass is 10.1. The summed E-state index contributed by atoms with van der Waals surface area (Å²) in [5.41, 5.74) is 4.91.